The van der Waals surface area contributed by atoms with Crippen molar-refractivity contribution in [3.8, 4) is 0 Å². The Balaban J connectivity index is 2.82. The fourth-order valence-electron chi connectivity index (χ4n) is 1.14. The first-order chi connectivity index (χ1) is 6.45. The number of hydrogen-bond acceptors (Lipinski definition) is 2. The summed E-state index contributed by atoms with van der Waals surface area (Å²) in [5.74, 6) is 0.659. The Morgan fingerprint density at radius 2 is 2.14 bits per heavy atom. The molecule has 0 unspecified atom stereocenters. The summed E-state index contributed by atoms with van der Waals surface area (Å²) in [6.07, 6.45) is -3.03. The molecule has 0 aromatic carbocycles. The van der Waals surface area contributed by atoms with Crippen LogP contribution in [0, 0.1) is 0 Å². The first-order valence-corrected chi connectivity index (χ1v) is 4.79. The number of alkyl halides is 3. The molecule has 0 amide bonds. The number of thiol groups is 1. The van der Waals surface area contributed by atoms with Crippen LogP contribution in [0.15, 0.2) is 6.07 Å². The Morgan fingerprint density at radius 3 is 2.57 bits per heavy atom. The molecule has 80 valence electrons. The smallest absolute Gasteiger partial charge is 0.272 e. The summed E-state index contributed by atoms with van der Waals surface area (Å²) in [5, 5.41) is 3.40. The molecule has 2 nitrogen and oxygen atoms in total. The highest BCUT2D eigenvalue weighted by Crippen LogP contribution is 2.28. The van der Waals surface area contributed by atoms with Crippen molar-refractivity contribution in [3.63, 3.8) is 0 Å². The highest BCUT2D eigenvalue weighted by molar-refractivity contribution is 7.80. The minimum atomic E-state index is -4.35. The second kappa shape index (κ2) is 4.25. The van der Waals surface area contributed by atoms with Gasteiger partial charge in [0.15, 0.2) is 5.69 Å². The fraction of sp³-hybridized carbons (Fsp3) is 0.625. The molecule has 1 rings (SSSR count). The lowest BCUT2D eigenvalue weighted by atomic mass is 10.2. The second-order valence-corrected chi connectivity index (χ2v) is 3.42. The van der Waals surface area contributed by atoms with Gasteiger partial charge in [-0.15, -0.1) is 0 Å². The van der Waals surface area contributed by atoms with E-state index in [4.69, 9.17) is 0 Å². The van der Waals surface area contributed by atoms with Crippen molar-refractivity contribution < 1.29 is 13.2 Å². The van der Waals surface area contributed by atoms with E-state index in [2.05, 4.69) is 17.7 Å². The molecule has 0 aliphatic rings. The van der Waals surface area contributed by atoms with E-state index in [1.54, 1.807) is 0 Å². The number of aromatic nitrogens is 2. The third kappa shape index (κ3) is 2.67. The standard InChI is InChI=1S/C8H11F3N2S/c1-13-6(3-2-4-14)5-7(12-13)8(9,10)11/h5,14H,2-4H2,1H3. The largest absolute Gasteiger partial charge is 0.435 e. The lowest BCUT2D eigenvalue weighted by Crippen LogP contribution is -2.06. The third-order valence-corrected chi connectivity index (χ3v) is 2.17. The molecule has 0 aliphatic carbocycles. The van der Waals surface area contributed by atoms with E-state index in [9.17, 15) is 13.2 Å². The third-order valence-electron chi connectivity index (χ3n) is 1.86. The molecule has 0 bridgehead atoms. The molecule has 14 heavy (non-hydrogen) atoms. The van der Waals surface area contributed by atoms with E-state index in [0.717, 1.165) is 12.5 Å². The molecule has 0 radical (unpaired) electrons. The predicted molar refractivity (Wildman–Crippen MR) is 50.4 cm³/mol. The first kappa shape index (κ1) is 11.4. The number of aryl methyl sites for hydroxylation is 2. The predicted octanol–water partition coefficient (Wildman–Crippen LogP) is 2.30. The van der Waals surface area contributed by atoms with Crippen molar-refractivity contribution in [1.82, 2.24) is 9.78 Å². The molecule has 0 aliphatic heterocycles. The molecular formula is C8H11F3N2S. The van der Waals surface area contributed by atoms with Gasteiger partial charge >= 0.3 is 6.18 Å². The SMILES string of the molecule is Cn1nc(C(F)(F)F)cc1CCCS. The van der Waals surface area contributed by atoms with Gasteiger partial charge in [0, 0.05) is 12.7 Å². The molecule has 0 fully saturated rings. The summed E-state index contributed by atoms with van der Waals surface area (Å²) >= 11 is 4.00. The van der Waals surface area contributed by atoms with Gasteiger partial charge in [-0.3, -0.25) is 4.68 Å². The van der Waals surface area contributed by atoms with Crippen LogP contribution in [0.1, 0.15) is 17.8 Å². The van der Waals surface area contributed by atoms with Gasteiger partial charge in [0.25, 0.3) is 0 Å². The lowest BCUT2D eigenvalue weighted by Gasteiger charge is -1.99. The van der Waals surface area contributed by atoms with Crippen LogP contribution in [-0.2, 0) is 19.6 Å². The molecular weight excluding hydrogens is 213 g/mol. The zero-order chi connectivity index (χ0) is 10.8. The highest BCUT2D eigenvalue weighted by atomic mass is 32.1. The normalized spacial score (nSPS) is 12.1. The van der Waals surface area contributed by atoms with Gasteiger partial charge in [0.1, 0.15) is 0 Å². The Labute approximate surface area is 85.5 Å². The highest BCUT2D eigenvalue weighted by Gasteiger charge is 2.34. The van der Waals surface area contributed by atoms with Crippen molar-refractivity contribution in [2.45, 2.75) is 19.0 Å². The van der Waals surface area contributed by atoms with Gasteiger partial charge in [-0.1, -0.05) is 0 Å². The minimum Gasteiger partial charge on any atom is -0.272 e. The Kier molecular flexibility index (Phi) is 3.47. The van der Waals surface area contributed by atoms with E-state index >= 15 is 0 Å². The van der Waals surface area contributed by atoms with Crippen LogP contribution in [0.5, 0.6) is 0 Å². The summed E-state index contributed by atoms with van der Waals surface area (Å²) in [6.45, 7) is 0. The van der Waals surface area contributed by atoms with Crippen LogP contribution >= 0.6 is 12.6 Å². The number of hydrogen-bond donors (Lipinski definition) is 1. The maximum absolute atomic E-state index is 12.2. The van der Waals surface area contributed by atoms with Crippen molar-refractivity contribution in [3.05, 3.63) is 17.5 Å². The van der Waals surface area contributed by atoms with Gasteiger partial charge in [-0.25, -0.2) is 0 Å². The van der Waals surface area contributed by atoms with Gasteiger partial charge < -0.3 is 0 Å². The van der Waals surface area contributed by atoms with Gasteiger partial charge in [-0.05, 0) is 24.7 Å². The van der Waals surface area contributed by atoms with E-state index in [1.807, 2.05) is 0 Å². The number of halogens is 3. The molecule has 0 saturated heterocycles. The molecule has 1 heterocycles. The molecule has 0 N–H and O–H groups in total. The average Bonchev–Trinajstić information content (AvgIpc) is 2.43. The van der Waals surface area contributed by atoms with Gasteiger partial charge in [0.05, 0.1) is 0 Å². The van der Waals surface area contributed by atoms with Crippen molar-refractivity contribution in [1.29, 1.82) is 0 Å². The Hall–Kier alpha value is -0.650. The Bertz CT molecular complexity index is 306. The van der Waals surface area contributed by atoms with Gasteiger partial charge in [0.2, 0.25) is 0 Å². The quantitative estimate of drug-likeness (QED) is 0.780. The van der Waals surface area contributed by atoms with Gasteiger partial charge in [-0.2, -0.15) is 30.9 Å². The minimum absolute atomic E-state index is 0.572. The maximum atomic E-state index is 12.2. The summed E-state index contributed by atoms with van der Waals surface area (Å²) < 4.78 is 37.9. The summed E-state index contributed by atoms with van der Waals surface area (Å²) in [4.78, 5) is 0. The molecule has 0 saturated carbocycles. The number of nitrogens with zero attached hydrogens (tertiary/aromatic N) is 2. The zero-order valence-electron chi connectivity index (χ0n) is 7.67. The first-order valence-electron chi connectivity index (χ1n) is 4.16. The topological polar surface area (TPSA) is 17.8 Å². The summed E-state index contributed by atoms with van der Waals surface area (Å²) in [7, 11) is 1.52. The zero-order valence-corrected chi connectivity index (χ0v) is 8.57. The van der Waals surface area contributed by atoms with Crippen LogP contribution < -0.4 is 0 Å². The monoisotopic (exact) mass is 224 g/mol. The lowest BCUT2D eigenvalue weighted by molar-refractivity contribution is -0.141. The van der Waals surface area contributed by atoms with Crippen LogP contribution in [0.4, 0.5) is 13.2 Å². The van der Waals surface area contributed by atoms with E-state index in [-0.39, 0.29) is 0 Å². The molecule has 6 heteroatoms. The molecule has 1 aromatic heterocycles. The van der Waals surface area contributed by atoms with Crippen LogP contribution in [0.25, 0.3) is 0 Å². The molecule has 1 aromatic rings. The van der Waals surface area contributed by atoms with Crippen molar-refractivity contribution >= 4 is 12.6 Å². The summed E-state index contributed by atoms with van der Waals surface area (Å²) in [5.41, 5.74) is -0.236. The second-order valence-electron chi connectivity index (χ2n) is 2.97. The Morgan fingerprint density at radius 1 is 1.50 bits per heavy atom. The number of rotatable bonds is 3. The van der Waals surface area contributed by atoms with Crippen molar-refractivity contribution in [2.75, 3.05) is 5.75 Å². The molecule has 0 spiro atoms. The fourth-order valence-corrected chi connectivity index (χ4v) is 1.30. The van der Waals surface area contributed by atoms with E-state index in [0.29, 0.717) is 17.9 Å². The summed E-state index contributed by atoms with van der Waals surface area (Å²) in [6, 6.07) is 1.09. The molecule has 0 atom stereocenters. The van der Waals surface area contributed by atoms with Crippen LogP contribution in [0.2, 0.25) is 0 Å². The average molecular weight is 224 g/mol. The van der Waals surface area contributed by atoms with Crippen molar-refractivity contribution in [2.24, 2.45) is 7.05 Å². The maximum Gasteiger partial charge on any atom is 0.435 e. The van der Waals surface area contributed by atoms with Crippen LogP contribution in [-0.4, -0.2) is 15.5 Å². The van der Waals surface area contributed by atoms with E-state index in [1.165, 1.54) is 11.7 Å². The van der Waals surface area contributed by atoms with E-state index < -0.39 is 11.9 Å². The van der Waals surface area contributed by atoms with Crippen LogP contribution in [0.3, 0.4) is 0 Å².